The zero-order valence-corrected chi connectivity index (χ0v) is 11.8. The van der Waals surface area contributed by atoms with E-state index in [1.165, 1.54) is 20.3 Å². The maximum atomic E-state index is 11.5. The predicted molar refractivity (Wildman–Crippen MR) is 71.9 cm³/mol. The van der Waals surface area contributed by atoms with Gasteiger partial charge in [-0.3, -0.25) is 10.1 Å². The van der Waals surface area contributed by atoms with Gasteiger partial charge < -0.3 is 14.8 Å². The topological polar surface area (TPSA) is 76.7 Å². The summed E-state index contributed by atoms with van der Waals surface area (Å²) in [6, 6.07) is 2.96. The molecule has 1 saturated heterocycles. The molecule has 19 heavy (non-hydrogen) atoms. The van der Waals surface area contributed by atoms with Crippen LogP contribution in [0.4, 0.5) is 4.79 Å². The molecule has 0 unspecified atom stereocenters. The molecule has 1 aliphatic rings. The minimum atomic E-state index is -0.544. The molecule has 1 aromatic carbocycles. The second kappa shape index (κ2) is 5.31. The highest BCUT2D eigenvalue weighted by atomic mass is 79.9. The molecule has 0 saturated carbocycles. The van der Waals surface area contributed by atoms with Crippen molar-refractivity contribution in [2.75, 3.05) is 14.2 Å². The highest BCUT2D eigenvalue weighted by Gasteiger charge is 2.23. The molecular weight excluding hydrogens is 316 g/mol. The summed E-state index contributed by atoms with van der Waals surface area (Å²) in [5, 5.41) is 4.54. The lowest BCUT2D eigenvalue weighted by atomic mass is 10.1. The average Bonchev–Trinajstić information content (AvgIpc) is 2.67. The van der Waals surface area contributed by atoms with Gasteiger partial charge in [0.05, 0.1) is 14.2 Å². The van der Waals surface area contributed by atoms with E-state index in [1.54, 1.807) is 12.1 Å². The molecule has 2 rings (SSSR count). The molecular formula is C12H11BrN2O4. The number of ether oxygens (including phenoxy) is 2. The van der Waals surface area contributed by atoms with Crippen molar-refractivity contribution in [3.8, 4) is 11.5 Å². The number of carbonyl (C=O) groups excluding carboxylic acids is 2. The van der Waals surface area contributed by atoms with Crippen molar-refractivity contribution in [3.05, 3.63) is 27.9 Å². The average molecular weight is 327 g/mol. The monoisotopic (exact) mass is 326 g/mol. The van der Waals surface area contributed by atoms with Crippen molar-refractivity contribution in [3.63, 3.8) is 0 Å². The van der Waals surface area contributed by atoms with Crippen LogP contribution in [0, 0.1) is 0 Å². The summed E-state index contributed by atoms with van der Waals surface area (Å²) >= 11 is 3.34. The normalized spacial score (nSPS) is 16.3. The molecule has 7 heteroatoms. The molecule has 1 fully saturated rings. The van der Waals surface area contributed by atoms with Crippen LogP contribution in [-0.4, -0.2) is 26.2 Å². The van der Waals surface area contributed by atoms with Crippen LogP contribution in [0.15, 0.2) is 22.3 Å². The number of amides is 3. The number of hydrogen-bond acceptors (Lipinski definition) is 4. The van der Waals surface area contributed by atoms with E-state index in [4.69, 9.17) is 9.47 Å². The van der Waals surface area contributed by atoms with E-state index in [-0.39, 0.29) is 5.70 Å². The molecule has 1 aliphatic heterocycles. The Kier molecular flexibility index (Phi) is 3.75. The van der Waals surface area contributed by atoms with Crippen molar-refractivity contribution >= 4 is 33.9 Å². The van der Waals surface area contributed by atoms with Crippen molar-refractivity contribution < 1.29 is 19.1 Å². The van der Waals surface area contributed by atoms with Crippen LogP contribution in [0.2, 0.25) is 0 Å². The van der Waals surface area contributed by atoms with E-state index in [9.17, 15) is 9.59 Å². The number of carbonyl (C=O) groups is 2. The van der Waals surface area contributed by atoms with E-state index in [1.807, 2.05) is 0 Å². The van der Waals surface area contributed by atoms with Crippen molar-refractivity contribution in [2.45, 2.75) is 0 Å². The number of nitrogens with one attached hydrogen (secondary N) is 2. The van der Waals surface area contributed by atoms with Gasteiger partial charge in [-0.25, -0.2) is 4.79 Å². The van der Waals surface area contributed by atoms with Gasteiger partial charge in [-0.2, -0.15) is 0 Å². The summed E-state index contributed by atoms with van der Waals surface area (Å²) in [6.07, 6.45) is 1.52. The first-order valence-electron chi connectivity index (χ1n) is 5.30. The summed E-state index contributed by atoms with van der Waals surface area (Å²) in [6.45, 7) is 0. The Morgan fingerprint density at radius 3 is 2.42 bits per heavy atom. The maximum Gasteiger partial charge on any atom is 0.326 e. The number of urea groups is 1. The molecule has 0 bridgehead atoms. The van der Waals surface area contributed by atoms with Gasteiger partial charge in [-0.15, -0.1) is 0 Å². The Labute approximate surface area is 117 Å². The number of hydrogen-bond donors (Lipinski definition) is 2. The fourth-order valence-corrected chi connectivity index (χ4v) is 2.16. The van der Waals surface area contributed by atoms with Gasteiger partial charge in [0.1, 0.15) is 5.70 Å². The van der Waals surface area contributed by atoms with Gasteiger partial charge in [-0.1, -0.05) is 15.9 Å². The summed E-state index contributed by atoms with van der Waals surface area (Å²) in [4.78, 5) is 22.5. The van der Waals surface area contributed by atoms with E-state index >= 15 is 0 Å². The van der Waals surface area contributed by atoms with E-state index in [2.05, 4.69) is 26.6 Å². The standard InChI is InChI=1S/C12H11BrN2O4/c1-18-9-5-7(13)3-6(10(9)19-2)4-8-11(16)15-12(17)14-8/h3-5H,1-2H3,(H2,14,15,16,17)/b8-4+. The first-order valence-corrected chi connectivity index (χ1v) is 6.10. The van der Waals surface area contributed by atoms with Crippen LogP contribution in [0.1, 0.15) is 5.56 Å². The van der Waals surface area contributed by atoms with Crippen LogP contribution in [-0.2, 0) is 4.79 Å². The molecule has 0 aromatic heterocycles. The Morgan fingerprint density at radius 1 is 1.16 bits per heavy atom. The highest BCUT2D eigenvalue weighted by Crippen LogP contribution is 2.35. The quantitative estimate of drug-likeness (QED) is 0.654. The van der Waals surface area contributed by atoms with Crippen LogP contribution in [0.5, 0.6) is 11.5 Å². The van der Waals surface area contributed by atoms with Gasteiger partial charge in [0.2, 0.25) is 0 Å². The van der Waals surface area contributed by atoms with Gasteiger partial charge in [-0.05, 0) is 18.2 Å². The fourth-order valence-electron chi connectivity index (χ4n) is 1.70. The smallest absolute Gasteiger partial charge is 0.326 e. The van der Waals surface area contributed by atoms with Gasteiger partial charge in [0.25, 0.3) is 5.91 Å². The highest BCUT2D eigenvalue weighted by molar-refractivity contribution is 9.10. The van der Waals surface area contributed by atoms with Gasteiger partial charge in [0, 0.05) is 10.0 Å². The molecule has 1 heterocycles. The Balaban J connectivity index is 2.50. The third-order valence-corrected chi connectivity index (χ3v) is 2.95. The summed E-state index contributed by atoms with van der Waals surface area (Å²) in [7, 11) is 3.02. The van der Waals surface area contributed by atoms with Crippen LogP contribution >= 0.6 is 15.9 Å². The first-order chi connectivity index (χ1) is 9.05. The van der Waals surface area contributed by atoms with Crippen LogP contribution in [0.3, 0.4) is 0 Å². The summed E-state index contributed by atoms with van der Waals surface area (Å²) in [5.74, 6) is 0.520. The van der Waals surface area contributed by atoms with Gasteiger partial charge in [0.15, 0.2) is 11.5 Å². The summed E-state index contributed by atoms with van der Waals surface area (Å²) in [5.41, 5.74) is 0.768. The van der Waals surface area contributed by atoms with Crippen molar-refractivity contribution in [1.29, 1.82) is 0 Å². The number of imide groups is 1. The lowest BCUT2D eigenvalue weighted by Crippen LogP contribution is -2.22. The third-order valence-electron chi connectivity index (χ3n) is 2.49. The second-order valence-corrected chi connectivity index (χ2v) is 4.61. The number of halogens is 1. The van der Waals surface area contributed by atoms with Crippen molar-refractivity contribution in [2.24, 2.45) is 0 Å². The minimum absolute atomic E-state index is 0.156. The third kappa shape index (κ3) is 2.70. The molecule has 100 valence electrons. The van der Waals surface area contributed by atoms with E-state index in [0.29, 0.717) is 17.1 Å². The van der Waals surface area contributed by atoms with Crippen LogP contribution < -0.4 is 20.1 Å². The predicted octanol–water partition coefficient (Wildman–Crippen LogP) is 1.65. The number of benzene rings is 1. The SMILES string of the molecule is COc1cc(Br)cc(/C=C2/NC(=O)NC2=O)c1OC. The zero-order chi connectivity index (χ0) is 14.0. The second-order valence-electron chi connectivity index (χ2n) is 3.70. The molecule has 0 aliphatic carbocycles. The largest absolute Gasteiger partial charge is 0.493 e. The lowest BCUT2D eigenvalue weighted by Gasteiger charge is -2.11. The number of rotatable bonds is 3. The Morgan fingerprint density at radius 2 is 1.89 bits per heavy atom. The van der Waals surface area contributed by atoms with Gasteiger partial charge >= 0.3 is 6.03 Å². The summed E-state index contributed by atoms with van der Waals surface area (Å²) < 4.78 is 11.2. The fraction of sp³-hybridized carbons (Fsp3) is 0.167. The molecule has 0 spiro atoms. The number of methoxy groups -OCH3 is 2. The molecule has 1 aromatic rings. The van der Waals surface area contributed by atoms with E-state index < -0.39 is 11.9 Å². The molecule has 0 radical (unpaired) electrons. The molecule has 0 atom stereocenters. The van der Waals surface area contributed by atoms with Crippen molar-refractivity contribution in [1.82, 2.24) is 10.6 Å². The zero-order valence-electron chi connectivity index (χ0n) is 10.2. The molecule has 2 N–H and O–H groups in total. The van der Waals surface area contributed by atoms with Crippen LogP contribution in [0.25, 0.3) is 6.08 Å². The maximum absolute atomic E-state index is 11.5. The lowest BCUT2D eigenvalue weighted by molar-refractivity contribution is -0.115. The Bertz CT molecular complexity index is 583. The molecule has 3 amide bonds. The Hall–Kier alpha value is -2.02. The first kappa shape index (κ1) is 13.4. The molecule has 6 nitrogen and oxygen atoms in total. The minimum Gasteiger partial charge on any atom is -0.493 e. The van der Waals surface area contributed by atoms with E-state index in [0.717, 1.165) is 4.47 Å².